The monoisotopic (exact) mass is 274 g/mol. The van der Waals surface area contributed by atoms with Crippen LogP contribution in [-0.2, 0) is 9.05 Å². The lowest BCUT2D eigenvalue weighted by atomic mass is 10.4. The van der Waals surface area contributed by atoms with Gasteiger partial charge in [-0.05, 0) is 20.3 Å². The molecule has 0 aromatic heterocycles. The molecule has 5 heteroatoms. The first-order chi connectivity index (χ1) is 7.06. The van der Waals surface area contributed by atoms with Crippen molar-refractivity contribution >= 4 is 31.6 Å². The maximum atomic E-state index is 5.92. The number of alkyl halides is 2. The van der Waals surface area contributed by atoms with E-state index < -0.39 is 8.38 Å². The Morgan fingerprint density at radius 1 is 1.13 bits per heavy atom. The molecule has 0 heterocycles. The molecule has 92 valence electrons. The van der Waals surface area contributed by atoms with Crippen molar-refractivity contribution in [3.8, 4) is 0 Å². The van der Waals surface area contributed by atoms with Gasteiger partial charge in [0.2, 0.25) is 0 Å². The van der Waals surface area contributed by atoms with Crippen LogP contribution in [0.1, 0.15) is 33.6 Å². The summed E-state index contributed by atoms with van der Waals surface area (Å²) in [5, 5.41) is 0.110. The highest BCUT2D eigenvalue weighted by molar-refractivity contribution is 7.47. The van der Waals surface area contributed by atoms with Gasteiger partial charge in [0.25, 0.3) is 0 Å². The van der Waals surface area contributed by atoms with E-state index >= 15 is 0 Å². The van der Waals surface area contributed by atoms with E-state index in [0.717, 1.165) is 25.6 Å². The van der Waals surface area contributed by atoms with Crippen LogP contribution in [-0.4, -0.2) is 30.1 Å². The van der Waals surface area contributed by atoms with Gasteiger partial charge in [-0.1, -0.05) is 13.3 Å². The normalized spacial score (nSPS) is 17.4. The minimum atomic E-state index is -0.861. The summed E-state index contributed by atoms with van der Waals surface area (Å²) in [6.07, 6.45) is 2.96. The summed E-state index contributed by atoms with van der Waals surface area (Å²) < 4.78 is 11.2. The minimum absolute atomic E-state index is 0.0235. The van der Waals surface area contributed by atoms with E-state index in [1.54, 1.807) is 0 Å². The Hall–Kier alpha value is 0.930. The van der Waals surface area contributed by atoms with Crippen LogP contribution < -0.4 is 0 Å². The van der Waals surface area contributed by atoms with Gasteiger partial charge in [0.15, 0.2) is 8.38 Å². The molecule has 0 aliphatic heterocycles. The van der Waals surface area contributed by atoms with E-state index in [9.17, 15) is 0 Å². The van der Waals surface area contributed by atoms with Crippen LogP contribution in [0.3, 0.4) is 0 Å². The molecule has 0 aromatic rings. The Labute approximate surface area is 105 Å². The van der Waals surface area contributed by atoms with Gasteiger partial charge in [-0.25, -0.2) is 0 Å². The molecule has 3 unspecified atom stereocenters. The molecule has 0 radical (unpaired) electrons. The third kappa shape index (κ3) is 11.2. The zero-order valence-corrected chi connectivity index (χ0v) is 12.1. The zero-order chi connectivity index (χ0) is 11.7. The van der Waals surface area contributed by atoms with Crippen molar-refractivity contribution in [2.24, 2.45) is 0 Å². The number of hydrogen-bond donors (Lipinski definition) is 0. The number of halogens is 2. The van der Waals surface area contributed by atoms with Crippen LogP contribution in [0.4, 0.5) is 0 Å². The second-order valence-corrected chi connectivity index (χ2v) is 6.60. The van der Waals surface area contributed by atoms with Gasteiger partial charge < -0.3 is 9.05 Å². The van der Waals surface area contributed by atoms with Crippen molar-refractivity contribution in [1.29, 1.82) is 0 Å². The molecule has 0 amide bonds. The van der Waals surface area contributed by atoms with Gasteiger partial charge in [0, 0.05) is 11.5 Å². The maximum Gasteiger partial charge on any atom is 0.172 e. The molecule has 0 bridgehead atoms. The largest absolute Gasteiger partial charge is 0.334 e. The fraction of sp³-hybridized carbons (Fsp3) is 1.00. The lowest BCUT2D eigenvalue weighted by molar-refractivity contribution is 0.247. The quantitative estimate of drug-likeness (QED) is 0.353. The number of hydrogen-bond acceptors (Lipinski definition) is 2. The molecule has 0 fully saturated rings. The zero-order valence-electron chi connectivity index (χ0n) is 9.71. The fourth-order valence-electron chi connectivity index (χ4n) is 0.845. The van der Waals surface area contributed by atoms with E-state index in [0.29, 0.717) is 6.61 Å². The van der Waals surface area contributed by atoms with Gasteiger partial charge in [-0.15, -0.1) is 23.2 Å². The summed E-state index contributed by atoms with van der Waals surface area (Å²) in [7, 11) is -0.861. The molecule has 0 N–H and O–H groups in total. The van der Waals surface area contributed by atoms with Crippen molar-refractivity contribution in [1.82, 2.24) is 0 Å². The van der Waals surface area contributed by atoms with E-state index in [4.69, 9.17) is 32.2 Å². The maximum absolute atomic E-state index is 5.92. The molecule has 0 spiro atoms. The molecular formula is C10H21Cl2O2P. The van der Waals surface area contributed by atoms with E-state index in [1.807, 2.05) is 13.8 Å². The average molecular weight is 275 g/mol. The molecule has 3 atom stereocenters. The first-order valence-electron chi connectivity index (χ1n) is 5.37. The third-order valence-electron chi connectivity index (χ3n) is 1.58. The topological polar surface area (TPSA) is 18.5 Å². The van der Waals surface area contributed by atoms with Gasteiger partial charge in [0.05, 0.1) is 18.6 Å². The minimum Gasteiger partial charge on any atom is -0.334 e. The lowest BCUT2D eigenvalue weighted by Crippen LogP contribution is -2.08. The number of unbranched alkanes of at least 4 members (excludes halogenated alkanes) is 1. The highest BCUT2D eigenvalue weighted by Gasteiger charge is 2.14. The second kappa shape index (κ2) is 10.1. The average Bonchev–Trinajstić information content (AvgIpc) is 2.13. The first kappa shape index (κ1) is 15.9. The second-order valence-electron chi connectivity index (χ2n) is 3.56. The Balaban J connectivity index is 3.73. The number of rotatable bonds is 9. The molecular weight excluding hydrogens is 254 g/mol. The van der Waals surface area contributed by atoms with Crippen LogP contribution in [0.25, 0.3) is 0 Å². The SMILES string of the molecule is CCCCOP(CC(C)Cl)OCC(C)Cl. The molecule has 0 aliphatic rings. The van der Waals surface area contributed by atoms with Crippen molar-refractivity contribution in [2.45, 2.75) is 44.4 Å². The molecule has 0 aliphatic carbocycles. The Kier molecular flexibility index (Phi) is 10.7. The van der Waals surface area contributed by atoms with E-state index in [1.165, 1.54) is 0 Å². The Morgan fingerprint density at radius 2 is 1.80 bits per heavy atom. The van der Waals surface area contributed by atoms with Crippen LogP contribution in [0.2, 0.25) is 0 Å². The first-order valence-corrected chi connectivity index (χ1v) is 7.61. The standard InChI is InChI=1S/C10H21Cl2O2P/c1-4-5-6-13-15(8-10(3)12)14-7-9(2)11/h9-10H,4-8H2,1-3H3. The summed E-state index contributed by atoms with van der Waals surface area (Å²) in [6.45, 7) is 7.28. The van der Waals surface area contributed by atoms with Crippen molar-refractivity contribution < 1.29 is 9.05 Å². The van der Waals surface area contributed by atoms with E-state index in [-0.39, 0.29) is 10.8 Å². The van der Waals surface area contributed by atoms with Gasteiger partial charge in [0.1, 0.15) is 0 Å². The predicted molar refractivity (Wildman–Crippen MR) is 69.2 cm³/mol. The highest BCUT2D eigenvalue weighted by atomic mass is 35.5. The molecule has 0 saturated carbocycles. The van der Waals surface area contributed by atoms with Crippen LogP contribution >= 0.6 is 31.6 Å². The van der Waals surface area contributed by atoms with Crippen LogP contribution in [0, 0.1) is 0 Å². The molecule has 0 aromatic carbocycles. The van der Waals surface area contributed by atoms with Crippen molar-refractivity contribution in [3.05, 3.63) is 0 Å². The summed E-state index contributed by atoms with van der Waals surface area (Å²) in [4.78, 5) is 0. The smallest absolute Gasteiger partial charge is 0.172 e. The summed E-state index contributed by atoms with van der Waals surface area (Å²) in [5.41, 5.74) is 0. The fourth-order valence-corrected chi connectivity index (χ4v) is 2.75. The Bertz CT molecular complexity index is 145. The molecule has 0 rings (SSSR count). The summed E-state index contributed by atoms with van der Waals surface area (Å²) in [5.74, 6) is 0. The summed E-state index contributed by atoms with van der Waals surface area (Å²) >= 11 is 11.7. The van der Waals surface area contributed by atoms with Crippen LogP contribution in [0.15, 0.2) is 0 Å². The van der Waals surface area contributed by atoms with Crippen LogP contribution in [0.5, 0.6) is 0 Å². The molecule has 0 saturated heterocycles. The Morgan fingerprint density at radius 3 is 2.27 bits per heavy atom. The highest BCUT2D eigenvalue weighted by Crippen LogP contribution is 2.40. The van der Waals surface area contributed by atoms with Gasteiger partial charge in [-0.3, -0.25) is 0 Å². The van der Waals surface area contributed by atoms with E-state index in [2.05, 4.69) is 6.92 Å². The molecule has 15 heavy (non-hydrogen) atoms. The third-order valence-corrected chi connectivity index (χ3v) is 3.83. The van der Waals surface area contributed by atoms with Crippen molar-refractivity contribution in [3.63, 3.8) is 0 Å². The lowest BCUT2D eigenvalue weighted by Gasteiger charge is -2.19. The molecule has 2 nitrogen and oxygen atoms in total. The predicted octanol–water partition coefficient (Wildman–Crippen LogP) is 4.39. The summed E-state index contributed by atoms with van der Waals surface area (Å²) in [6, 6.07) is 0. The van der Waals surface area contributed by atoms with Gasteiger partial charge >= 0.3 is 0 Å². The van der Waals surface area contributed by atoms with Gasteiger partial charge in [-0.2, -0.15) is 0 Å². The van der Waals surface area contributed by atoms with Crippen molar-refractivity contribution in [2.75, 3.05) is 19.4 Å².